The summed E-state index contributed by atoms with van der Waals surface area (Å²) >= 11 is 0. The van der Waals surface area contributed by atoms with E-state index in [-0.39, 0.29) is 11.3 Å². The maximum Gasteiger partial charge on any atom is 0.321 e. The molecule has 0 radical (unpaired) electrons. The van der Waals surface area contributed by atoms with Crippen LogP contribution in [-0.2, 0) is 34.1 Å². The van der Waals surface area contributed by atoms with Gasteiger partial charge in [0, 0.05) is 23.4 Å². The molecule has 1 atom stereocenters. The largest absolute Gasteiger partial charge is 0.480 e. The summed E-state index contributed by atoms with van der Waals surface area (Å²) in [6.07, 6.45) is 5.45. The summed E-state index contributed by atoms with van der Waals surface area (Å²) in [6.45, 7) is 0. The molecule has 32 heavy (non-hydrogen) atoms. The molecule has 1 aromatic heterocycles. The molecule has 1 heterocycles. The van der Waals surface area contributed by atoms with Gasteiger partial charge < -0.3 is 14.7 Å². The first-order valence-electron chi connectivity index (χ1n) is 10.5. The highest BCUT2D eigenvalue weighted by atomic mass is 32.2. The molecule has 0 saturated heterocycles. The van der Waals surface area contributed by atoms with Crippen LogP contribution < -0.4 is 10.6 Å². The Labute approximate surface area is 187 Å². The molecule has 3 aromatic rings. The minimum Gasteiger partial charge on any atom is -0.480 e. The van der Waals surface area contributed by atoms with E-state index >= 15 is 0 Å². The maximum atomic E-state index is 12.9. The predicted molar refractivity (Wildman–Crippen MR) is 120 cm³/mol. The van der Waals surface area contributed by atoms with Gasteiger partial charge in [0.25, 0.3) is 0 Å². The van der Waals surface area contributed by atoms with E-state index in [4.69, 9.17) is 9.62 Å². The zero-order valence-corrected chi connectivity index (χ0v) is 18.5. The Balaban J connectivity index is 0.00000141. The summed E-state index contributed by atoms with van der Waals surface area (Å²) in [7, 11) is -3.98. The Morgan fingerprint density at radius 3 is 2.53 bits per heavy atom. The van der Waals surface area contributed by atoms with Crippen molar-refractivity contribution in [2.45, 2.75) is 55.9 Å². The summed E-state index contributed by atoms with van der Waals surface area (Å²) in [6, 6.07) is 13.3. The number of aryl methyl sites for hydroxylation is 3. The van der Waals surface area contributed by atoms with E-state index in [0.717, 1.165) is 48.0 Å². The lowest BCUT2D eigenvalue weighted by molar-refractivity contribution is -0.139. The first-order chi connectivity index (χ1) is 15.4. The van der Waals surface area contributed by atoms with E-state index in [2.05, 4.69) is 10.6 Å². The third-order valence-corrected chi connectivity index (χ3v) is 7.10. The van der Waals surface area contributed by atoms with Crippen LogP contribution in [0.15, 0.2) is 57.8 Å². The quantitative estimate of drug-likeness (QED) is 0.377. The summed E-state index contributed by atoms with van der Waals surface area (Å²) in [5, 5.41) is 17.0. The number of carbonyl (C=O) groups is 1. The fourth-order valence-corrected chi connectivity index (χ4v) is 5.29. The molecule has 1 aliphatic carbocycles. The van der Waals surface area contributed by atoms with Crippen LogP contribution in [0, 0.1) is 0 Å². The van der Waals surface area contributed by atoms with Gasteiger partial charge in [-0.05, 0) is 56.2 Å². The standard InChI is InChI=1S/C23H25NO5S.H3NO/c25-23(26)20(11-6-9-16-7-2-1-3-8-16)24-30(27,28)17-13-14-19-18-10-4-5-12-21(18)29-22(19)15-17;1-2/h1-3,7-8,13-15,20,24H,4-6,9-12H2,(H,25,26);2H,1H2/t20-;/m1./s1. The van der Waals surface area contributed by atoms with E-state index in [0.29, 0.717) is 18.4 Å². The molecule has 0 unspecified atom stereocenters. The normalized spacial score (nSPS) is 14.3. The Morgan fingerprint density at radius 2 is 1.81 bits per heavy atom. The highest BCUT2D eigenvalue weighted by Gasteiger charge is 2.26. The predicted octanol–water partition coefficient (Wildman–Crippen LogP) is 3.40. The first-order valence-corrected chi connectivity index (χ1v) is 12.0. The van der Waals surface area contributed by atoms with Gasteiger partial charge in [0.15, 0.2) is 0 Å². The van der Waals surface area contributed by atoms with Gasteiger partial charge in [0.05, 0.1) is 4.90 Å². The number of aliphatic carboxylic acids is 1. The number of hydrogen-bond acceptors (Lipinski definition) is 6. The van der Waals surface area contributed by atoms with E-state index in [1.54, 1.807) is 6.07 Å². The van der Waals surface area contributed by atoms with Gasteiger partial charge in [-0.25, -0.2) is 14.3 Å². The molecule has 172 valence electrons. The molecular weight excluding hydrogens is 432 g/mol. The van der Waals surface area contributed by atoms with Crippen LogP contribution in [0.1, 0.15) is 42.6 Å². The molecule has 4 rings (SSSR count). The number of benzene rings is 2. The lowest BCUT2D eigenvalue weighted by Gasteiger charge is -2.15. The third-order valence-electron chi connectivity index (χ3n) is 5.64. The minimum atomic E-state index is -3.98. The van der Waals surface area contributed by atoms with Crippen LogP contribution in [0.3, 0.4) is 0 Å². The van der Waals surface area contributed by atoms with E-state index in [1.807, 2.05) is 30.3 Å². The second-order valence-electron chi connectivity index (χ2n) is 7.76. The van der Waals surface area contributed by atoms with Crippen molar-refractivity contribution in [3.8, 4) is 0 Å². The SMILES string of the molecule is NO.O=C(O)[C@@H](CCCc1ccccc1)NS(=O)(=O)c1ccc2c3c(oc2c1)CCCC3. The van der Waals surface area contributed by atoms with E-state index in [1.165, 1.54) is 12.1 Å². The van der Waals surface area contributed by atoms with Crippen LogP contribution in [-0.4, -0.2) is 30.7 Å². The number of furan rings is 1. The minimum absolute atomic E-state index is 0.0235. The Bertz CT molecular complexity index is 1160. The number of nitrogens with one attached hydrogen (secondary N) is 1. The van der Waals surface area contributed by atoms with Gasteiger partial charge in [-0.1, -0.05) is 30.3 Å². The van der Waals surface area contributed by atoms with Crippen LogP contribution >= 0.6 is 0 Å². The van der Waals surface area contributed by atoms with Crippen molar-refractivity contribution >= 4 is 27.0 Å². The summed E-state index contributed by atoms with van der Waals surface area (Å²) in [5.74, 6) is 3.25. The molecule has 5 N–H and O–H groups in total. The molecule has 9 heteroatoms. The molecule has 2 aromatic carbocycles. The molecule has 0 fully saturated rings. The van der Waals surface area contributed by atoms with Crippen molar-refractivity contribution in [2.24, 2.45) is 5.90 Å². The topological polar surface area (TPSA) is 143 Å². The van der Waals surface area contributed by atoms with Gasteiger partial charge in [-0.15, -0.1) is 0 Å². The molecule has 0 amide bonds. The van der Waals surface area contributed by atoms with Crippen molar-refractivity contribution < 1.29 is 27.9 Å². The Hall–Kier alpha value is -2.72. The molecule has 0 bridgehead atoms. The molecule has 0 spiro atoms. The summed E-state index contributed by atoms with van der Waals surface area (Å²) < 4.78 is 33.9. The van der Waals surface area contributed by atoms with Gasteiger partial charge in [-0.3, -0.25) is 4.79 Å². The van der Waals surface area contributed by atoms with E-state index < -0.39 is 22.0 Å². The number of carboxylic acid groups (broad SMARTS) is 1. The van der Waals surface area contributed by atoms with E-state index in [9.17, 15) is 18.3 Å². The highest BCUT2D eigenvalue weighted by molar-refractivity contribution is 7.89. The average molecular weight is 461 g/mol. The van der Waals surface area contributed by atoms with Crippen molar-refractivity contribution in [3.05, 3.63) is 65.4 Å². The summed E-state index contributed by atoms with van der Waals surface area (Å²) in [4.78, 5) is 11.7. The number of hydrogen-bond donors (Lipinski definition) is 4. The third kappa shape index (κ3) is 5.55. The first kappa shape index (κ1) is 23.9. The molecule has 0 saturated carbocycles. The monoisotopic (exact) mass is 460 g/mol. The second-order valence-corrected chi connectivity index (χ2v) is 9.47. The summed E-state index contributed by atoms with van der Waals surface area (Å²) in [5.41, 5.74) is 2.80. The van der Waals surface area contributed by atoms with Crippen molar-refractivity contribution in [1.82, 2.24) is 4.72 Å². The second kappa shape index (κ2) is 10.7. The average Bonchev–Trinajstić information content (AvgIpc) is 3.18. The number of nitrogens with two attached hydrogens (primary N) is 1. The van der Waals surface area contributed by atoms with Crippen molar-refractivity contribution in [2.75, 3.05) is 0 Å². The van der Waals surface area contributed by atoms with Crippen LogP contribution in [0.2, 0.25) is 0 Å². The van der Waals surface area contributed by atoms with Gasteiger partial charge >= 0.3 is 5.97 Å². The zero-order valence-electron chi connectivity index (χ0n) is 17.7. The van der Waals surface area contributed by atoms with Gasteiger partial charge in [0.2, 0.25) is 10.0 Å². The smallest absolute Gasteiger partial charge is 0.321 e. The Morgan fingerprint density at radius 1 is 1.09 bits per heavy atom. The number of sulfonamides is 1. The van der Waals surface area contributed by atoms with Gasteiger partial charge in [-0.2, -0.15) is 4.72 Å². The van der Waals surface area contributed by atoms with Crippen molar-refractivity contribution in [3.63, 3.8) is 0 Å². The maximum absolute atomic E-state index is 12.9. The highest BCUT2D eigenvalue weighted by Crippen LogP contribution is 2.33. The molecular formula is C23H28N2O6S. The molecule has 0 aliphatic heterocycles. The fraction of sp³-hybridized carbons (Fsp3) is 0.348. The Kier molecular flexibility index (Phi) is 8.03. The fourth-order valence-electron chi connectivity index (χ4n) is 4.05. The molecule has 1 aliphatic rings. The van der Waals surface area contributed by atoms with Crippen LogP contribution in [0.4, 0.5) is 0 Å². The zero-order chi connectivity index (χ0) is 23.1. The van der Waals surface area contributed by atoms with Crippen molar-refractivity contribution in [1.29, 1.82) is 0 Å². The molecule has 8 nitrogen and oxygen atoms in total. The van der Waals surface area contributed by atoms with Crippen LogP contribution in [0.25, 0.3) is 11.0 Å². The van der Waals surface area contributed by atoms with Crippen LogP contribution in [0.5, 0.6) is 0 Å². The number of carboxylic acids is 1. The lowest BCUT2D eigenvalue weighted by atomic mass is 9.96. The lowest BCUT2D eigenvalue weighted by Crippen LogP contribution is -2.40. The number of rotatable bonds is 8. The van der Waals surface area contributed by atoms with Gasteiger partial charge in [0.1, 0.15) is 17.4 Å². The number of fused-ring (bicyclic) bond motifs is 3.